The van der Waals surface area contributed by atoms with E-state index in [0.29, 0.717) is 22.9 Å². The summed E-state index contributed by atoms with van der Waals surface area (Å²) >= 11 is 0. The average Bonchev–Trinajstić information content (AvgIpc) is 3.45. The number of amides is 4. The van der Waals surface area contributed by atoms with Gasteiger partial charge in [0.25, 0.3) is 0 Å². The van der Waals surface area contributed by atoms with Gasteiger partial charge in [0.1, 0.15) is 11.5 Å². The Morgan fingerprint density at radius 1 is 0.500 bits per heavy atom. The topological polar surface area (TPSA) is 65.6 Å². The standard InChI is InChI=1S/C30H26N4O4/c1-37-25-17-13-21(14-18-25)27-31(23-9-5-3-6-10-23)29(35)34-28(22-15-19-26(38-2)20-16-22)32(30(36)33(27)34)24-11-7-4-8-12-24/h3-20,27-28H,1-2H3/t27-,28-/m0/s1. The number of ether oxygens (including phenoxy) is 2. The minimum atomic E-state index is -0.697. The number of fused-ring (bicyclic) bond motifs is 1. The van der Waals surface area contributed by atoms with Gasteiger partial charge >= 0.3 is 12.1 Å². The van der Waals surface area contributed by atoms with Crippen molar-refractivity contribution in [2.75, 3.05) is 24.0 Å². The fourth-order valence-electron chi connectivity index (χ4n) is 5.09. The first-order valence-corrected chi connectivity index (χ1v) is 12.2. The molecule has 0 spiro atoms. The largest absolute Gasteiger partial charge is 0.497 e. The minimum absolute atomic E-state index is 0.301. The van der Waals surface area contributed by atoms with Gasteiger partial charge in [0.05, 0.1) is 14.2 Å². The number of rotatable bonds is 6. The molecule has 2 heterocycles. The number of hydrogen-bond donors (Lipinski definition) is 0. The number of hydrazine groups is 1. The van der Waals surface area contributed by atoms with Crippen LogP contribution in [-0.4, -0.2) is 36.3 Å². The molecule has 0 bridgehead atoms. The highest BCUT2D eigenvalue weighted by Gasteiger charge is 2.59. The second kappa shape index (κ2) is 9.48. The zero-order valence-electron chi connectivity index (χ0n) is 21.0. The lowest BCUT2D eigenvalue weighted by Gasteiger charge is -2.29. The van der Waals surface area contributed by atoms with Crippen molar-refractivity contribution in [3.63, 3.8) is 0 Å². The first-order chi connectivity index (χ1) is 18.6. The van der Waals surface area contributed by atoms with Gasteiger partial charge in [-0.2, -0.15) is 0 Å². The van der Waals surface area contributed by atoms with Crippen LogP contribution < -0.4 is 19.3 Å². The van der Waals surface area contributed by atoms with Crippen LogP contribution in [0.3, 0.4) is 0 Å². The number of anilines is 2. The number of urea groups is 2. The molecule has 2 fully saturated rings. The Morgan fingerprint density at radius 2 is 0.842 bits per heavy atom. The van der Waals surface area contributed by atoms with Crippen LogP contribution in [0, 0.1) is 0 Å². The molecule has 4 aromatic rings. The zero-order valence-corrected chi connectivity index (χ0v) is 21.0. The van der Waals surface area contributed by atoms with Gasteiger partial charge < -0.3 is 9.47 Å². The molecule has 8 nitrogen and oxygen atoms in total. The molecular formula is C30H26N4O4. The Bertz CT molecular complexity index is 1330. The van der Waals surface area contributed by atoms with E-state index in [1.807, 2.05) is 109 Å². The van der Waals surface area contributed by atoms with Crippen molar-refractivity contribution in [2.45, 2.75) is 12.3 Å². The number of para-hydroxylation sites is 2. The molecule has 2 saturated heterocycles. The van der Waals surface area contributed by atoms with Crippen LogP contribution in [0.15, 0.2) is 109 Å². The van der Waals surface area contributed by atoms with E-state index in [9.17, 15) is 9.59 Å². The van der Waals surface area contributed by atoms with Gasteiger partial charge in [0.2, 0.25) is 0 Å². The molecule has 0 N–H and O–H groups in total. The quantitative estimate of drug-likeness (QED) is 0.312. The lowest BCUT2D eigenvalue weighted by atomic mass is 10.1. The van der Waals surface area contributed by atoms with Gasteiger partial charge in [-0.25, -0.2) is 19.6 Å². The van der Waals surface area contributed by atoms with Crippen molar-refractivity contribution in [2.24, 2.45) is 0 Å². The molecule has 190 valence electrons. The molecule has 38 heavy (non-hydrogen) atoms. The summed E-state index contributed by atoms with van der Waals surface area (Å²) < 4.78 is 10.7. The molecule has 0 unspecified atom stereocenters. The van der Waals surface area contributed by atoms with Crippen molar-refractivity contribution in [1.29, 1.82) is 0 Å². The third-order valence-corrected chi connectivity index (χ3v) is 6.89. The van der Waals surface area contributed by atoms with Gasteiger partial charge in [-0.15, -0.1) is 0 Å². The van der Waals surface area contributed by atoms with E-state index in [0.717, 1.165) is 11.1 Å². The Kier molecular flexibility index (Phi) is 5.84. The average molecular weight is 507 g/mol. The number of nitrogens with zero attached hydrogens (tertiary/aromatic N) is 4. The Labute approximate surface area is 220 Å². The van der Waals surface area contributed by atoms with Gasteiger partial charge in [0, 0.05) is 11.4 Å². The molecule has 2 atom stereocenters. The summed E-state index contributed by atoms with van der Waals surface area (Å²) in [6, 6.07) is 33.1. The first kappa shape index (κ1) is 23.4. The number of hydrogen-bond acceptors (Lipinski definition) is 4. The summed E-state index contributed by atoms with van der Waals surface area (Å²) in [4.78, 5) is 31.9. The monoisotopic (exact) mass is 506 g/mol. The highest BCUT2D eigenvalue weighted by Crippen LogP contribution is 2.49. The lowest BCUT2D eigenvalue weighted by molar-refractivity contribution is 0.0696. The van der Waals surface area contributed by atoms with Crippen molar-refractivity contribution in [3.05, 3.63) is 120 Å². The van der Waals surface area contributed by atoms with E-state index >= 15 is 0 Å². The predicted octanol–water partition coefficient (Wildman–Crippen LogP) is 6.20. The van der Waals surface area contributed by atoms with Crippen LogP contribution in [0.5, 0.6) is 11.5 Å². The maximum Gasteiger partial charge on any atom is 0.347 e. The molecule has 0 aliphatic carbocycles. The summed E-state index contributed by atoms with van der Waals surface area (Å²) in [6.07, 6.45) is -1.39. The SMILES string of the molecule is COc1ccc([C@H]2N(c3ccccc3)C(=O)N3[C@@H](c4ccc(OC)cc4)N(c4ccccc4)C(=O)N23)cc1. The van der Waals surface area contributed by atoms with Crippen LogP contribution in [0.1, 0.15) is 23.5 Å². The molecule has 8 heteroatoms. The van der Waals surface area contributed by atoms with Crippen LogP contribution >= 0.6 is 0 Å². The highest BCUT2D eigenvalue weighted by molar-refractivity contribution is 6.05. The second-order valence-electron chi connectivity index (χ2n) is 8.96. The normalized spacial score (nSPS) is 18.7. The van der Waals surface area contributed by atoms with Gasteiger partial charge in [0.15, 0.2) is 12.3 Å². The fourth-order valence-corrected chi connectivity index (χ4v) is 5.09. The van der Waals surface area contributed by atoms with E-state index in [1.54, 1.807) is 34.0 Å². The zero-order chi connectivity index (χ0) is 26.2. The Balaban J connectivity index is 1.53. The van der Waals surface area contributed by atoms with Gasteiger partial charge in [-0.1, -0.05) is 60.7 Å². The Morgan fingerprint density at radius 3 is 1.16 bits per heavy atom. The summed E-state index contributed by atoms with van der Waals surface area (Å²) in [6.45, 7) is 0. The number of carbonyl (C=O) groups is 2. The summed E-state index contributed by atoms with van der Waals surface area (Å²) in [5.74, 6) is 1.38. The molecule has 4 amide bonds. The predicted molar refractivity (Wildman–Crippen MR) is 144 cm³/mol. The van der Waals surface area contributed by atoms with E-state index in [-0.39, 0.29) is 12.1 Å². The van der Waals surface area contributed by atoms with Crippen LogP contribution in [-0.2, 0) is 0 Å². The van der Waals surface area contributed by atoms with Crippen LogP contribution in [0.4, 0.5) is 21.0 Å². The van der Waals surface area contributed by atoms with Crippen LogP contribution in [0.25, 0.3) is 0 Å². The van der Waals surface area contributed by atoms with E-state index in [2.05, 4.69) is 0 Å². The molecule has 0 saturated carbocycles. The maximum atomic E-state index is 14.3. The third kappa shape index (κ3) is 3.69. The third-order valence-electron chi connectivity index (χ3n) is 6.89. The highest BCUT2D eigenvalue weighted by atomic mass is 16.5. The van der Waals surface area contributed by atoms with Crippen LogP contribution in [0.2, 0.25) is 0 Å². The van der Waals surface area contributed by atoms with Gasteiger partial charge in [-0.3, -0.25) is 9.80 Å². The molecule has 2 aliphatic heterocycles. The number of methoxy groups -OCH3 is 2. The fraction of sp³-hybridized carbons (Fsp3) is 0.133. The summed E-state index contributed by atoms with van der Waals surface area (Å²) in [5, 5.41) is 3.11. The number of benzene rings is 4. The molecule has 6 rings (SSSR count). The lowest BCUT2D eigenvalue weighted by Crippen LogP contribution is -2.40. The van der Waals surface area contributed by atoms with E-state index in [1.165, 1.54) is 0 Å². The van der Waals surface area contributed by atoms with Crippen molar-refractivity contribution in [3.8, 4) is 11.5 Å². The molecule has 0 radical (unpaired) electrons. The second-order valence-corrected chi connectivity index (χ2v) is 8.96. The molecular weight excluding hydrogens is 480 g/mol. The van der Waals surface area contributed by atoms with Crippen molar-refractivity contribution in [1.82, 2.24) is 10.0 Å². The molecule has 2 aliphatic rings. The Hall–Kier alpha value is -4.98. The molecule has 4 aromatic carbocycles. The smallest absolute Gasteiger partial charge is 0.347 e. The molecule has 0 aromatic heterocycles. The maximum absolute atomic E-state index is 14.3. The van der Waals surface area contributed by atoms with Gasteiger partial charge in [-0.05, 0) is 59.7 Å². The van der Waals surface area contributed by atoms with Crippen molar-refractivity contribution < 1.29 is 19.1 Å². The number of carbonyl (C=O) groups excluding carboxylic acids is 2. The van der Waals surface area contributed by atoms with Crippen molar-refractivity contribution >= 4 is 23.4 Å². The van der Waals surface area contributed by atoms with E-state index in [4.69, 9.17) is 9.47 Å². The first-order valence-electron chi connectivity index (χ1n) is 12.2. The van der Waals surface area contributed by atoms with E-state index < -0.39 is 12.3 Å². The minimum Gasteiger partial charge on any atom is -0.497 e. The summed E-state index contributed by atoms with van der Waals surface area (Å²) in [5.41, 5.74) is 2.95. The summed E-state index contributed by atoms with van der Waals surface area (Å²) in [7, 11) is 3.21.